The number of nitrogens with zero attached hydrogens (tertiary/aromatic N) is 2. The van der Waals surface area contributed by atoms with E-state index in [1.54, 1.807) is 32.8 Å². The molecule has 0 saturated carbocycles. The summed E-state index contributed by atoms with van der Waals surface area (Å²) in [5, 5.41) is 11.9. The number of aryl methyl sites for hydroxylation is 2. The molecule has 0 aliphatic heterocycles. The van der Waals surface area contributed by atoms with E-state index in [2.05, 4.69) is 5.32 Å². The van der Waals surface area contributed by atoms with E-state index in [1.807, 2.05) is 0 Å². The molecule has 2 N–H and O–H groups in total. The minimum Gasteiger partial charge on any atom is -0.496 e. The Balaban J connectivity index is 2.29. The molecule has 286 valence electrons. The van der Waals surface area contributed by atoms with E-state index in [0.29, 0.717) is 12.6 Å². The smallest absolute Gasteiger partial charge is 0.419 e. The third-order valence-corrected chi connectivity index (χ3v) is 8.55. The fourth-order valence-corrected chi connectivity index (χ4v) is 6.16. The number of ether oxygens (including phenoxy) is 1. The number of aromatic nitrogens is 1. The van der Waals surface area contributed by atoms with Gasteiger partial charge in [0.05, 0.1) is 30.7 Å². The van der Waals surface area contributed by atoms with Crippen molar-refractivity contribution in [3.8, 4) is 16.9 Å². The number of carbonyl (C=O) groups excluding carboxylic acids is 1. The molecular formula is C36H41F8N3O5. The number of benzene rings is 2. The van der Waals surface area contributed by atoms with Crippen molar-refractivity contribution in [3.05, 3.63) is 85.8 Å². The molecule has 3 aromatic rings. The molecule has 1 aromatic heterocycles. The van der Waals surface area contributed by atoms with Crippen LogP contribution in [0.3, 0.4) is 0 Å². The van der Waals surface area contributed by atoms with Crippen LogP contribution in [-0.4, -0.2) is 54.2 Å². The Morgan fingerprint density at radius 2 is 1.60 bits per heavy atom. The molecule has 52 heavy (non-hydrogen) atoms. The average Bonchev–Trinajstić information content (AvgIpc) is 3.00. The highest BCUT2D eigenvalue weighted by molar-refractivity contribution is 5.82. The van der Waals surface area contributed by atoms with Gasteiger partial charge in [0.1, 0.15) is 23.4 Å². The normalized spacial score (nSPS) is 13.4. The van der Waals surface area contributed by atoms with Crippen LogP contribution in [0.15, 0.2) is 35.3 Å². The van der Waals surface area contributed by atoms with E-state index in [9.17, 15) is 45.8 Å². The van der Waals surface area contributed by atoms with Crippen LogP contribution < -0.4 is 15.6 Å². The van der Waals surface area contributed by atoms with Crippen molar-refractivity contribution >= 4 is 11.9 Å². The van der Waals surface area contributed by atoms with Crippen molar-refractivity contribution in [2.45, 2.75) is 77.8 Å². The van der Waals surface area contributed by atoms with E-state index in [1.165, 1.54) is 33.1 Å². The highest BCUT2D eigenvalue weighted by Crippen LogP contribution is 2.43. The van der Waals surface area contributed by atoms with Crippen LogP contribution in [0.5, 0.6) is 5.75 Å². The summed E-state index contributed by atoms with van der Waals surface area (Å²) in [6, 6.07) is -0.420. The molecule has 1 heterocycles. The largest absolute Gasteiger partial charge is 0.496 e. The van der Waals surface area contributed by atoms with E-state index in [4.69, 9.17) is 4.74 Å². The quantitative estimate of drug-likeness (QED) is 0.163. The topological polar surface area (TPSA) is 101 Å². The van der Waals surface area contributed by atoms with Crippen LogP contribution >= 0.6 is 0 Å². The maximum atomic E-state index is 16.6. The highest BCUT2D eigenvalue weighted by Gasteiger charge is 2.41. The monoisotopic (exact) mass is 747 g/mol. The van der Waals surface area contributed by atoms with Gasteiger partial charge in [0.25, 0.3) is 5.56 Å². The van der Waals surface area contributed by atoms with Gasteiger partial charge in [-0.25, -0.2) is 8.78 Å². The summed E-state index contributed by atoms with van der Waals surface area (Å²) in [5.41, 5.74) is -6.53. The summed E-state index contributed by atoms with van der Waals surface area (Å²) < 4.78 is 123. The number of amides is 1. The Bertz CT molecular complexity index is 1850. The lowest BCUT2D eigenvalue weighted by molar-refractivity contribution is -0.140. The number of carbonyl (C=O) groups is 2. The Hall–Kier alpha value is -4.47. The Morgan fingerprint density at radius 3 is 2.12 bits per heavy atom. The van der Waals surface area contributed by atoms with Crippen LogP contribution in [-0.2, 0) is 28.4 Å². The first-order valence-electron chi connectivity index (χ1n) is 16.2. The number of aliphatic carboxylic acids is 1. The van der Waals surface area contributed by atoms with Gasteiger partial charge in [-0.1, -0.05) is 19.9 Å². The first-order chi connectivity index (χ1) is 24.0. The predicted octanol–water partition coefficient (Wildman–Crippen LogP) is 7.87. The SMILES string of the molecule is COc1ccc(C)c(-c2cc(C(F)(F)F)c(F)c(C(CC(=O)O)NC(=O)C(CC(C)C)n3cc(CCCN(C)C)c(C(F)(F)F)cc3=O)c2F)c1C. The lowest BCUT2D eigenvalue weighted by Crippen LogP contribution is -2.41. The summed E-state index contributed by atoms with van der Waals surface area (Å²) in [7, 11) is 4.69. The summed E-state index contributed by atoms with van der Waals surface area (Å²) in [6.07, 6.45) is -10.9. The molecule has 16 heteroatoms. The molecule has 0 spiro atoms. The molecule has 0 radical (unpaired) electrons. The van der Waals surface area contributed by atoms with Gasteiger partial charge in [0, 0.05) is 23.4 Å². The fourth-order valence-electron chi connectivity index (χ4n) is 6.16. The number of pyridine rings is 1. The molecule has 0 aliphatic carbocycles. The summed E-state index contributed by atoms with van der Waals surface area (Å²) >= 11 is 0. The van der Waals surface area contributed by atoms with Gasteiger partial charge >= 0.3 is 18.3 Å². The number of halogens is 8. The van der Waals surface area contributed by atoms with Crippen LogP contribution in [0.1, 0.15) is 78.6 Å². The fraction of sp³-hybridized carbons (Fsp3) is 0.472. The van der Waals surface area contributed by atoms with E-state index < -0.39 is 88.1 Å². The van der Waals surface area contributed by atoms with Crippen molar-refractivity contribution in [1.29, 1.82) is 0 Å². The molecule has 3 rings (SSSR count). The molecule has 0 aliphatic rings. The summed E-state index contributed by atoms with van der Waals surface area (Å²) in [4.78, 5) is 40.9. The number of hydrogen-bond donors (Lipinski definition) is 2. The lowest BCUT2D eigenvalue weighted by Gasteiger charge is -2.27. The minimum absolute atomic E-state index is 0.0974. The van der Waals surface area contributed by atoms with Crippen molar-refractivity contribution in [1.82, 2.24) is 14.8 Å². The van der Waals surface area contributed by atoms with E-state index in [-0.39, 0.29) is 53.3 Å². The number of hydrogen-bond acceptors (Lipinski definition) is 5. The van der Waals surface area contributed by atoms with E-state index >= 15 is 8.78 Å². The van der Waals surface area contributed by atoms with Gasteiger partial charge < -0.3 is 24.6 Å². The van der Waals surface area contributed by atoms with Crippen molar-refractivity contribution in [3.63, 3.8) is 0 Å². The predicted molar refractivity (Wildman–Crippen MR) is 177 cm³/mol. The zero-order valence-corrected chi connectivity index (χ0v) is 29.7. The highest BCUT2D eigenvalue weighted by atomic mass is 19.4. The zero-order chi connectivity index (χ0) is 39.5. The van der Waals surface area contributed by atoms with Gasteiger partial charge in [-0.05, 0) is 94.1 Å². The second-order valence-electron chi connectivity index (χ2n) is 13.3. The van der Waals surface area contributed by atoms with Crippen molar-refractivity contribution < 1.29 is 54.6 Å². The summed E-state index contributed by atoms with van der Waals surface area (Å²) in [6.45, 7) is 6.49. The Kier molecular flexibility index (Phi) is 13.3. The molecule has 0 fully saturated rings. The zero-order valence-electron chi connectivity index (χ0n) is 29.7. The first kappa shape index (κ1) is 41.9. The number of carboxylic acids is 1. The average molecular weight is 748 g/mol. The molecule has 8 nitrogen and oxygen atoms in total. The molecule has 0 saturated heterocycles. The van der Waals surface area contributed by atoms with Crippen LogP contribution in [0.25, 0.3) is 11.1 Å². The van der Waals surface area contributed by atoms with Crippen molar-refractivity contribution in [2.24, 2.45) is 5.92 Å². The van der Waals surface area contributed by atoms with Crippen LogP contribution in [0.4, 0.5) is 35.1 Å². The standard InChI is InChI=1S/C36H41F8N3O5/c1-18(2)13-26(47-17-21(9-8-12-46(5)6)23(15-28(47)48)35(39,40)41)34(51)45-25(16-29(49)50)31-32(37)22(14-24(33(31)38)36(42,43)44)30-19(3)10-11-27(52-7)20(30)4/h10-11,14-15,17-18,25-26H,8-9,12-13,16H2,1-7H3,(H,45,51)(H,49,50). The van der Waals surface area contributed by atoms with Gasteiger partial charge in [0.15, 0.2) is 0 Å². The van der Waals surface area contributed by atoms with Gasteiger partial charge in [-0.15, -0.1) is 0 Å². The molecule has 0 bridgehead atoms. The summed E-state index contributed by atoms with van der Waals surface area (Å²) in [5.74, 6) is -7.04. The second-order valence-corrected chi connectivity index (χ2v) is 13.3. The maximum Gasteiger partial charge on any atom is 0.419 e. The molecule has 2 aromatic carbocycles. The number of methoxy groups -OCH3 is 1. The third-order valence-electron chi connectivity index (χ3n) is 8.55. The minimum atomic E-state index is -5.41. The number of carboxylic acid groups (broad SMARTS) is 1. The number of alkyl halides is 6. The van der Waals surface area contributed by atoms with Crippen molar-refractivity contribution in [2.75, 3.05) is 27.7 Å². The van der Waals surface area contributed by atoms with Gasteiger partial charge in [-0.2, -0.15) is 26.3 Å². The van der Waals surface area contributed by atoms with Gasteiger partial charge in [0.2, 0.25) is 5.91 Å². The molecular weight excluding hydrogens is 706 g/mol. The van der Waals surface area contributed by atoms with Crippen LogP contribution in [0, 0.1) is 31.4 Å². The van der Waals surface area contributed by atoms with Crippen LogP contribution in [0.2, 0.25) is 0 Å². The first-order valence-corrected chi connectivity index (χ1v) is 16.2. The molecule has 2 atom stereocenters. The molecule has 2 unspecified atom stereocenters. The second kappa shape index (κ2) is 16.5. The Labute approximate surface area is 295 Å². The number of nitrogens with one attached hydrogen (secondary N) is 1. The van der Waals surface area contributed by atoms with Gasteiger partial charge in [-0.3, -0.25) is 14.4 Å². The maximum absolute atomic E-state index is 16.6. The Morgan fingerprint density at radius 1 is 0.981 bits per heavy atom. The molecule has 1 amide bonds. The number of rotatable bonds is 14. The third kappa shape index (κ3) is 9.69. The van der Waals surface area contributed by atoms with E-state index in [0.717, 1.165) is 10.8 Å². The lowest BCUT2D eigenvalue weighted by atomic mass is 9.88.